The van der Waals surface area contributed by atoms with E-state index in [1.165, 1.54) is 0 Å². The number of nitrogens with zero attached hydrogens (tertiary/aromatic N) is 2. The van der Waals surface area contributed by atoms with E-state index in [0.717, 1.165) is 26.2 Å². The van der Waals surface area contributed by atoms with Crippen molar-refractivity contribution in [1.82, 2.24) is 9.97 Å². The summed E-state index contributed by atoms with van der Waals surface area (Å²) in [7, 11) is 5.20. The summed E-state index contributed by atoms with van der Waals surface area (Å²) in [5.74, 6) is 1.49. The van der Waals surface area contributed by atoms with Gasteiger partial charge in [0.25, 0.3) is 0 Å². The molecular formula is C15H18IN3O2. The molecule has 1 N–H and O–H groups in total. The number of aromatic nitrogens is 2. The second kappa shape index (κ2) is 7.67. The molecule has 0 atom stereocenters. The van der Waals surface area contributed by atoms with E-state index in [0.29, 0.717) is 19.0 Å². The van der Waals surface area contributed by atoms with Crippen LogP contribution in [0.2, 0.25) is 0 Å². The van der Waals surface area contributed by atoms with E-state index in [9.17, 15) is 0 Å². The second-order valence-corrected chi connectivity index (χ2v) is 5.55. The zero-order chi connectivity index (χ0) is 15.2. The minimum absolute atomic E-state index is 0.459. The minimum Gasteiger partial charge on any atom is -0.380 e. The molecule has 0 saturated heterocycles. The van der Waals surface area contributed by atoms with Crippen LogP contribution in [-0.2, 0) is 22.7 Å². The first kappa shape index (κ1) is 16.1. The molecule has 0 aliphatic rings. The van der Waals surface area contributed by atoms with Crippen molar-refractivity contribution in [2.75, 3.05) is 26.6 Å². The summed E-state index contributed by atoms with van der Waals surface area (Å²) in [4.78, 5) is 9.20. The van der Waals surface area contributed by atoms with Gasteiger partial charge in [-0.1, -0.05) is 18.2 Å². The predicted octanol–water partition coefficient (Wildman–Crippen LogP) is 3.08. The number of anilines is 1. The SMILES string of the molecule is CNc1nc(-c2cccc(COC)c2)nc(COC)c1I. The fourth-order valence-electron chi connectivity index (χ4n) is 1.99. The third-order valence-corrected chi connectivity index (χ3v) is 4.07. The number of benzene rings is 1. The molecular weight excluding hydrogens is 381 g/mol. The molecule has 0 spiro atoms. The second-order valence-electron chi connectivity index (χ2n) is 4.47. The Bertz CT molecular complexity index is 620. The summed E-state index contributed by atoms with van der Waals surface area (Å²) in [6.07, 6.45) is 0. The molecule has 6 heteroatoms. The van der Waals surface area contributed by atoms with E-state index in [1.807, 2.05) is 31.3 Å². The van der Waals surface area contributed by atoms with Crippen molar-refractivity contribution < 1.29 is 9.47 Å². The van der Waals surface area contributed by atoms with Crippen molar-refractivity contribution >= 4 is 28.4 Å². The van der Waals surface area contributed by atoms with Gasteiger partial charge >= 0.3 is 0 Å². The van der Waals surface area contributed by atoms with Gasteiger partial charge in [-0.3, -0.25) is 0 Å². The van der Waals surface area contributed by atoms with Crippen molar-refractivity contribution in [2.24, 2.45) is 0 Å². The Hall–Kier alpha value is -1.25. The van der Waals surface area contributed by atoms with Crippen molar-refractivity contribution in [3.8, 4) is 11.4 Å². The Balaban J connectivity index is 2.47. The van der Waals surface area contributed by atoms with Crippen LogP contribution in [0, 0.1) is 3.57 Å². The summed E-state index contributed by atoms with van der Waals surface area (Å²) < 4.78 is 11.4. The van der Waals surface area contributed by atoms with E-state index in [4.69, 9.17) is 9.47 Å². The number of ether oxygens (including phenoxy) is 2. The lowest BCUT2D eigenvalue weighted by atomic mass is 10.1. The maximum atomic E-state index is 5.22. The van der Waals surface area contributed by atoms with Gasteiger partial charge in [0.2, 0.25) is 0 Å². The first-order valence-electron chi connectivity index (χ1n) is 6.51. The summed E-state index contributed by atoms with van der Waals surface area (Å²) in [5, 5.41) is 3.11. The first-order valence-corrected chi connectivity index (χ1v) is 7.58. The van der Waals surface area contributed by atoms with Gasteiger partial charge in [0.05, 0.1) is 22.5 Å². The largest absolute Gasteiger partial charge is 0.380 e. The van der Waals surface area contributed by atoms with Crippen LogP contribution < -0.4 is 5.32 Å². The smallest absolute Gasteiger partial charge is 0.161 e. The van der Waals surface area contributed by atoms with Crippen LogP contribution in [-0.4, -0.2) is 31.2 Å². The first-order chi connectivity index (χ1) is 10.2. The highest BCUT2D eigenvalue weighted by atomic mass is 127. The monoisotopic (exact) mass is 399 g/mol. The molecule has 0 radical (unpaired) electrons. The van der Waals surface area contributed by atoms with Crippen LogP contribution in [0.3, 0.4) is 0 Å². The summed E-state index contributed by atoms with van der Waals surface area (Å²) in [6.45, 7) is 1.03. The van der Waals surface area contributed by atoms with E-state index in [-0.39, 0.29) is 0 Å². The quantitative estimate of drug-likeness (QED) is 0.757. The van der Waals surface area contributed by atoms with Gasteiger partial charge in [0.1, 0.15) is 5.82 Å². The van der Waals surface area contributed by atoms with Crippen LogP contribution in [0.4, 0.5) is 5.82 Å². The maximum Gasteiger partial charge on any atom is 0.161 e. The minimum atomic E-state index is 0.459. The van der Waals surface area contributed by atoms with E-state index >= 15 is 0 Å². The van der Waals surface area contributed by atoms with Gasteiger partial charge in [-0.25, -0.2) is 9.97 Å². The van der Waals surface area contributed by atoms with Crippen LogP contribution in [0.1, 0.15) is 11.3 Å². The lowest BCUT2D eigenvalue weighted by Gasteiger charge is -2.11. The molecule has 21 heavy (non-hydrogen) atoms. The molecule has 0 aliphatic carbocycles. The van der Waals surface area contributed by atoms with Crippen molar-refractivity contribution in [3.63, 3.8) is 0 Å². The average Bonchev–Trinajstić information content (AvgIpc) is 2.50. The fourth-order valence-corrected chi connectivity index (χ4v) is 2.65. The average molecular weight is 399 g/mol. The molecule has 0 unspecified atom stereocenters. The molecule has 1 aromatic heterocycles. The molecule has 2 rings (SSSR count). The van der Waals surface area contributed by atoms with Gasteiger partial charge in [0.15, 0.2) is 5.82 Å². The number of methoxy groups -OCH3 is 2. The molecule has 0 fully saturated rings. The van der Waals surface area contributed by atoms with Crippen molar-refractivity contribution in [2.45, 2.75) is 13.2 Å². The Morgan fingerprint density at radius 3 is 2.57 bits per heavy atom. The lowest BCUT2D eigenvalue weighted by molar-refractivity contribution is 0.181. The highest BCUT2D eigenvalue weighted by Gasteiger charge is 2.12. The van der Waals surface area contributed by atoms with Gasteiger partial charge in [0, 0.05) is 26.8 Å². The van der Waals surface area contributed by atoms with E-state index in [1.54, 1.807) is 14.2 Å². The van der Waals surface area contributed by atoms with Gasteiger partial charge in [-0.2, -0.15) is 0 Å². The zero-order valence-electron chi connectivity index (χ0n) is 12.3. The zero-order valence-corrected chi connectivity index (χ0v) is 14.5. The summed E-state index contributed by atoms with van der Waals surface area (Å²) >= 11 is 2.23. The number of hydrogen-bond acceptors (Lipinski definition) is 5. The van der Waals surface area contributed by atoms with Crippen LogP contribution in [0.25, 0.3) is 11.4 Å². The molecule has 1 heterocycles. The van der Waals surface area contributed by atoms with Crippen LogP contribution in [0.15, 0.2) is 24.3 Å². The molecule has 0 amide bonds. The van der Waals surface area contributed by atoms with Gasteiger partial charge < -0.3 is 14.8 Å². The highest BCUT2D eigenvalue weighted by Crippen LogP contribution is 2.25. The number of halogens is 1. The molecule has 0 saturated carbocycles. The third kappa shape index (κ3) is 3.90. The Labute approximate surface area is 138 Å². The molecule has 1 aromatic carbocycles. The van der Waals surface area contributed by atoms with Crippen LogP contribution >= 0.6 is 22.6 Å². The lowest BCUT2D eigenvalue weighted by Crippen LogP contribution is -2.06. The van der Waals surface area contributed by atoms with E-state index in [2.05, 4.69) is 37.9 Å². The molecule has 5 nitrogen and oxygen atoms in total. The standard InChI is InChI=1S/C15H18IN3O2/c1-17-15-13(16)12(9-21-3)18-14(19-15)11-6-4-5-10(7-11)8-20-2/h4-7H,8-9H2,1-3H3,(H,17,18,19). The summed E-state index contributed by atoms with van der Waals surface area (Å²) in [6, 6.07) is 8.05. The van der Waals surface area contributed by atoms with Crippen molar-refractivity contribution in [1.29, 1.82) is 0 Å². The topological polar surface area (TPSA) is 56.3 Å². The Morgan fingerprint density at radius 1 is 1.14 bits per heavy atom. The predicted molar refractivity (Wildman–Crippen MR) is 91.2 cm³/mol. The fraction of sp³-hybridized carbons (Fsp3) is 0.333. The Morgan fingerprint density at radius 2 is 1.90 bits per heavy atom. The van der Waals surface area contributed by atoms with E-state index < -0.39 is 0 Å². The number of rotatable bonds is 6. The third-order valence-electron chi connectivity index (χ3n) is 2.93. The number of hydrogen-bond donors (Lipinski definition) is 1. The maximum absolute atomic E-state index is 5.22. The van der Waals surface area contributed by atoms with Crippen LogP contribution in [0.5, 0.6) is 0 Å². The van der Waals surface area contributed by atoms with Gasteiger partial charge in [-0.05, 0) is 34.2 Å². The molecule has 2 aromatic rings. The summed E-state index contributed by atoms with van der Waals surface area (Å²) in [5.41, 5.74) is 2.94. The van der Waals surface area contributed by atoms with Crippen molar-refractivity contribution in [3.05, 3.63) is 39.1 Å². The number of nitrogens with one attached hydrogen (secondary N) is 1. The van der Waals surface area contributed by atoms with Gasteiger partial charge in [-0.15, -0.1) is 0 Å². The Kier molecular flexibility index (Phi) is 5.89. The normalized spacial score (nSPS) is 10.7. The molecule has 112 valence electrons. The molecule has 0 bridgehead atoms. The molecule has 0 aliphatic heterocycles. The highest BCUT2D eigenvalue weighted by molar-refractivity contribution is 14.1.